The number of hydrogen-bond donors (Lipinski definition) is 2. The molecule has 1 amide bonds. The molecule has 0 heterocycles. The van der Waals surface area contributed by atoms with Crippen molar-refractivity contribution in [1.29, 1.82) is 0 Å². The van der Waals surface area contributed by atoms with Crippen LogP contribution in [0.5, 0.6) is 5.75 Å². The number of amides is 1. The molecule has 2 rings (SSSR count). The Bertz CT molecular complexity index is 657. The number of benzene rings is 2. The zero-order valence-electron chi connectivity index (χ0n) is 14.7. The van der Waals surface area contributed by atoms with E-state index >= 15 is 0 Å². The van der Waals surface area contributed by atoms with Crippen molar-refractivity contribution in [2.24, 2.45) is 0 Å². The Hall–Kier alpha value is -2.53. The average molecular weight is 343 g/mol. The van der Waals surface area contributed by atoms with Crippen LogP contribution in [0.15, 0.2) is 54.6 Å². The van der Waals surface area contributed by atoms with Crippen molar-refractivity contribution in [2.45, 2.75) is 32.4 Å². The van der Waals surface area contributed by atoms with Crippen LogP contribution in [0.1, 0.15) is 25.0 Å². The van der Waals surface area contributed by atoms with Gasteiger partial charge in [-0.05, 0) is 43.5 Å². The fourth-order valence-corrected chi connectivity index (χ4v) is 2.47. The molecule has 25 heavy (non-hydrogen) atoms. The molecule has 0 saturated carbocycles. The maximum absolute atomic E-state index is 12.1. The van der Waals surface area contributed by atoms with Crippen molar-refractivity contribution >= 4 is 6.09 Å². The smallest absolute Gasteiger partial charge is 0.407 e. The lowest BCUT2D eigenvalue weighted by molar-refractivity contribution is 0.111. The summed E-state index contributed by atoms with van der Waals surface area (Å²) in [5.74, 6) is 0.798. The monoisotopic (exact) mass is 343 g/mol. The standard InChI is InChI=1S/C20H25NO4/c1-3-24-18-11-9-16(10-12-18)13-20(2,15-22)21-19(23)25-14-17-7-5-4-6-8-17/h4-12,22H,3,13-15H2,1-2H3,(H,21,23)/t20-/m0/s1. The molecule has 5 nitrogen and oxygen atoms in total. The maximum atomic E-state index is 12.1. The topological polar surface area (TPSA) is 67.8 Å². The predicted octanol–water partition coefficient (Wildman–Crippen LogP) is 3.31. The van der Waals surface area contributed by atoms with Crippen molar-refractivity contribution in [3.63, 3.8) is 0 Å². The Balaban J connectivity index is 1.90. The highest BCUT2D eigenvalue weighted by atomic mass is 16.5. The van der Waals surface area contributed by atoms with Gasteiger partial charge in [-0.25, -0.2) is 4.79 Å². The summed E-state index contributed by atoms with van der Waals surface area (Å²) >= 11 is 0. The molecule has 1 atom stereocenters. The Morgan fingerprint density at radius 2 is 1.76 bits per heavy atom. The summed E-state index contributed by atoms with van der Waals surface area (Å²) in [5, 5.41) is 12.5. The van der Waals surface area contributed by atoms with Crippen LogP contribution in [-0.4, -0.2) is 30.0 Å². The van der Waals surface area contributed by atoms with Crippen LogP contribution in [0.25, 0.3) is 0 Å². The molecule has 0 unspecified atom stereocenters. The van der Waals surface area contributed by atoms with Crippen LogP contribution in [0.2, 0.25) is 0 Å². The second-order valence-corrected chi connectivity index (χ2v) is 6.16. The lowest BCUT2D eigenvalue weighted by atomic mass is 9.94. The number of alkyl carbamates (subject to hydrolysis) is 1. The van der Waals surface area contributed by atoms with Gasteiger partial charge in [-0.15, -0.1) is 0 Å². The van der Waals surface area contributed by atoms with E-state index in [-0.39, 0.29) is 13.2 Å². The van der Waals surface area contributed by atoms with Gasteiger partial charge in [0.25, 0.3) is 0 Å². The van der Waals surface area contributed by atoms with Gasteiger partial charge in [-0.1, -0.05) is 42.5 Å². The largest absolute Gasteiger partial charge is 0.494 e. The predicted molar refractivity (Wildman–Crippen MR) is 96.6 cm³/mol. The molecule has 0 radical (unpaired) electrons. The summed E-state index contributed by atoms with van der Waals surface area (Å²) in [4.78, 5) is 12.1. The molecular weight excluding hydrogens is 318 g/mol. The first kappa shape index (κ1) is 18.8. The number of carbonyl (C=O) groups is 1. The SMILES string of the molecule is CCOc1ccc(C[C@@](C)(CO)NC(=O)OCc2ccccc2)cc1. The quantitative estimate of drug-likeness (QED) is 0.772. The van der Waals surface area contributed by atoms with Gasteiger partial charge in [-0.3, -0.25) is 0 Å². The third-order valence-electron chi connectivity index (χ3n) is 3.79. The van der Waals surface area contributed by atoms with Crippen LogP contribution in [0.3, 0.4) is 0 Å². The van der Waals surface area contributed by atoms with Crippen LogP contribution in [0.4, 0.5) is 4.79 Å². The lowest BCUT2D eigenvalue weighted by Crippen LogP contribution is -2.50. The third kappa shape index (κ3) is 6.12. The van der Waals surface area contributed by atoms with Crippen molar-refractivity contribution in [1.82, 2.24) is 5.32 Å². The minimum atomic E-state index is -0.805. The van der Waals surface area contributed by atoms with E-state index in [1.807, 2.05) is 61.5 Å². The van der Waals surface area contributed by atoms with Crippen molar-refractivity contribution in [3.05, 3.63) is 65.7 Å². The minimum Gasteiger partial charge on any atom is -0.494 e. The van der Waals surface area contributed by atoms with Crippen LogP contribution in [-0.2, 0) is 17.8 Å². The molecule has 2 aromatic rings. The molecule has 2 aromatic carbocycles. The van der Waals surface area contributed by atoms with Crippen molar-refractivity contribution < 1.29 is 19.4 Å². The molecule has 5 heteroatoms. The summed E-state index contributed by atoms with van der Waals surface area (Å²) in [7, 11) is 0. The molecular formula is C20H25NO4. The first-order valence-electron chi connectivity index (χ1n) is 8.36. The molecule has 0 fully saturated rings. The molecule has 134 valence electrons. The third-order valence-corrected chi connectivity index (χ3v) is 3.79. The van der Waals surface area contributed by atoms with Gasteiger partial charge < -0.3 is 19.9 Å². The number of carbonyl (C=O) groups excluding carboxylic acids is 1. The summed E-state index contributed by atoms with van der Waals surface area (Å²) in [6, 6.07) is 17.1. The zero-order chi connectivity index (χ0) is 18.1. The molecule has 0 spiro atoms. The van der Waals surface area contributed by atoms with E-state index in [2.05, 4.69) is 5.32 Å². The second kappa shape index (κ2) is 9.08. The van der Waals surface area contributed by atoms with Crippen molar-refractivity contribution in [3.8, 4) is 5.75 Å². The van der Waals surface area contributed by atoms with Crippen molar-refractivity contribution in [2.75, 3.05) is 13.2 Å². The summed E-state index contributed by atoms with van der Waals surface area (Å²) in [6.45, 7) is 4.33. The number of hydrogen-bond acceptors (Lipinski definition) is 4. The zero-order valence-corrected chi connectivity index (χ0v) is 14.7. The van der Waals surface area contributed by atoms with Gasteiger partial charge in [0.2, 0.25) is 0 Å². The van der Waals surface area contributed by atoms with E-state index in [0.717, 1.165) is 16.9 Å². The van der Waals surface area contributed by atoms with Crippen LogP contribution in [0, 0.1) is 0 Å². The number of aliphatic hydroxyl groups is 1. The van der Waals surface area contributed by atoms with Gasteiger partial charge in [0.15, 0.2) is 0 Å². The Morgan fingerprint density at radius 3 is 2.36 bits per heavy atom. The van der Waals surface area contributed by atoms with E-state index < -0.39 is 11.6 Å². The minimum absolute atomic E-state index is 0.192. The molecule has 0 aliphatic carbocycles. The van der Waals surface area contributed by atoms with E-state index in [0.29, 0.717) is 13.0 Å². The molecule has 0 aliphatic heterocycles. The Kier molecular flexibility index (Phi) is 6.83. The Labute approximate surface area is 148 Å². The normalized spacial score (nSPS) is 12.9. The summed E-state index contributed by atoms with van der Waals surface area (Å²) < 4.78 is 10.6. The van der Waals surface area contributed by atoms with Gasteiger partial charge in [0.1, 0.15) is 12.4 Å². The molecule has 0 aliphatic rings. The van der Waals surface area contributed by atoms with Gasteiger partial charge in [-0.2, -0.15) is 0 Å². The number of ether oxygens (including phenoxy) is 2. The highest BCUT2D eigenvalue weighted by Gasteiger charge is 2.26. The molecule has 2 N–H and O–H groups in total. The summed E-state index contributed by atoms with van der Waals surface area (Å²) in [6.07, 6.45) is -0.0672. The first-order chi connectivity index (χ1) is 12.0. The maximum Gasteiger partial charge on any atom is 0.407 e. The fraction of sp³-hybridized carbons (Fsp3) is 0.350. The second-order valence-electron chi connectivity index (χ2n) is 6.16. The van der Waals surface area contributed by atoms with Gasteiger partial charge in [0.05, 0.1) is 18.8 Å². The number of nitrogens with one attached hydrogen (secondary N) is 1. The van der Waals surface area contributed by atoms with Crippen LogP contribution >= 0.6 is 0 Å². The van der Waals surface area contributed by atoms with E-state index in [4.69, 9.17) is 9.47 Å². The van der Waals surface area contributed by atoms with Gasteiger partial charge >= 0.3 is 6.09 Å². The summed E-state index contributed by atoms with van der Waals surface area (Å²) in [5.41, 5.74) is 1.10. The lowest BCUT2D eigenvalue weighted by Gasteiger charge is -2.28. The molecule has 0 aromatic heterocycles. The van der Waals surface area contributed by atoms with Crippen LogP contribution < -0.4 is 10.1 Å². The number of rotatable bonds is 8. The van der Waals surface area contributed by atoms with E-state index in [1.165, 1.54) is 0 Å². The first-order valence-corrected chi connectivity index (χ1v) is 8.36. The highest BCUT2D eigenvalue weighted by Crippen LogP contribution is 2.17. The molecule has 0 bridgehead atoms. The highest BCUT2D eigenvalue weighted by molar-refractivity contribution is 5.68. The molecule has 0 saturated heterocycles. The number of aliphatic hydroxyl groups excluding tert-OH is 1. The van der Waals surface area contributed by atoms with Gasteiger partial charge in [0, 0.05) is 0 Å². The average Bonchev–Trinajstić information content (AvgIpc) is 2.63. The van der Waals surface area contributed by atoms with E-state index in [1.54, 1.807) is 6.92 Å². The Morgan fingerprint density at radius 1 is 1.08 bits per heavy atom. The fourth-order valence-electron chi connectivity index (χ4n) is 2.47. The van der Waals surface area contributed by atoms with E-state index in [9.17, 15) is 9.90 Å².